The van der Waals surface area contributed by atoms with E-state index in [4.69, 9.17) is 12.6 Å². The molecule has 0 radical (unpaired) electrons. The average molecular weight is 200 g/mol. The maximum Gasteiger partial charge on any atom is -0.0534 e. The fraction of sp³-hybridized carbons (Fsp3) is 1.00. The van der Waals surface area contributed by atoms with E-state index in [9.17, 15) is 0 Å². The second kappa shape index (κ2) is 9.97. The fourth-order valence-corrected chi connectivity index (χ4v) is 2.26. The molecule has 0 aromatic carbocycles. The predicted molar refractivity (Wildman–Crippen MR) is 61.0 cm³/mol. The van der Waals surface area contributed by atoms with Crippen molar-refractivity contribution in [2.75, 3.05) is 0 Å². The van der Waals surface area contributed by atoms with Crippen molar-refractivity contribution in [3.8, 4) is 0 Å². The van der Waals surface area contributed by atoms with Crippen LogP contribution < -0.4 is 0 Å². The van der Waals surface area contributed by atoms with Crippen LogP contribution in [0.4, 0.5) is 0 Å². The minimum atomic E-state index is 0.619. The molecule has 0 atom stereocenters. The van der Waals surface area contributed by atoms with Crippen LogP contribution in [-0.2, 0) is 12.6 Å². The van der Waals surface area contributed by atoms with Crippen molar-refractivity contribution >= 4 is 27.8 Å². The molecule has 0 amide bonds. The van der Waals surface area contributed by atoms with Crippen LogP contribution in [0.25, 0.3) is 0 Å². The van der Waals surface area contributed by atoms with Crippen LogP contribution in [0.3, 0.4) is 0 Å². The summed E-state index contributed by atoms with van der Waals surface area (Å²) >= 11 is 5.90. The van der Waals surface area contributed by atoms with E-state index in [-0.39, 0.29) is 0 Å². The van der Waals surface area contributed by atoms with Gasteiger partial charge in [-0.1, -0.05) is 32.1 Å². The average Bonchev–Trinajstić information content (AvgIpc) is 2.08. The Morgan fingerprint density at radius 3 is 1.75 bits per heavy atom. The van der Waals surface area contributed by atoms with E-state index >= 15 is 0 Å². The third kappa shape index (κ3) is 8.97. The van der Waals surface area contributed by atoms with Crippen molar-refractivity contribution in [1.29, 1.82) is 0 Å². The topological polar surface area (TPSA) is 0 Å². The second-order valence-electron chi connectivity index (χ2n) is 3.37. The van der Waals surface area contributed by atoms with Gasteiger partial charge in [-0.3, -0.25) is 0 Å². The zero-order valence-electron chi connectivity index (χ0n) is 8.51. The molecule has 12 heavy (non-hydrogen) atoms. The minimum absolute atomic E-state index is 0.619. The molecular weight excluding hydrogens is 179 g/mol. The summed E-state index contributed by atoms with van der Waals surface area (Å²) in [7, 11) is 0. The fourth-order valence-electron chi connectivity index (χ4n) is 1.35. The van der Waals surface area contributed by atoms with Gasteiger partial charge in [-0.25, -0.2) is 0 Å². The van der Waals surface area contributed by atoms with Crippen LogP contribution >= 0.6 is 0 Å². The minimum Gasteiger partial charge on any atom is -0.789 e. The van der Waals surface area contributed by atoms with Crippen LogP contribution in [0.5, 0.6) is 0 Å². The Morgan fingerprint density at radius 1 is 1.08 bits per heavy atom. The zero-order chi connectivity index (χ0) is 9.23. The van der Waals surface area contributed by atoms with Gasteiger partial charge in [-0.15, -0.1) is 0 Å². The maximum atomic E-state index is 5.09. The van der Waals surface area contributed by atoms with E-state index in [1.807, 2.05) is 0 Å². The molecule has 1 fully saturated rings. The molecule has 2 heteroatoms. The van der Waals surface area contributed by atoms with E-state index in [0.29, 0.717) is 5.25 Å². The first-order valence-corrected chi connectivity index (χ1v) is 7.39. The van der Waals surface area contributed by atoms with Crippen molar-refractivity contribution in [1.82, 2.24) is 0 Å². The molecule has 0 unspecified atom stereocenters. The van der Waals surface area contributed by atoms with Gasteiger partial charge in [0.15, 0.2) is 0 Å². The summed E-state index contributed by atoms with van der Waals surface area (Å²) < 4.78 is 0. The van der Waals surface area contributed by atoms with Gasteiger partial charge < -0.3 is 12.6 Å². The van der Waals surface area contributed by atoms with Crippen LogP contribution in [-0.4, -0.2) is 20.5 Å². The van der Waals surface area contributed by atoms with Gasteiger partial charge in [-0.2, -0.15) is 5.25 Å². The molecule has 0 aromatic heterocycles. The molecule has 0 saturated heterocycles. The summed E-state index contributed by atoms with van der Waals surface area (Å²) in [6.07, 6.45) is 6.79. The molecule has 0 aromatic rings. The third-order valence-corrected chi connectivity index (χ3v) is 3.76. The van der Waals surface area contributed by atoms with E-state index < -0.39 is 0 Å². The maximum absolute atomic E-state index is 5.09. The first-order valence-electron chi connectivity index (χ1n) is 5.28. The monoisotopic (exact) mass is 200 g/mol. The summed E-state index contributed by atoms with van der Waals surface area (Å²) in [5, 5.41) is 3.47. The number of rotatable bonds is 2. The SMILES string of the molecule is C[CH2][Al+][CH2]C.[S-]C1CCCCC1. The summed E-state index contributed by atoms with van der Waals surface area (Å²) in [5.74, 6) is 0. The predicted octanol–water partition coefficient (Wildman–Crippen LogP) is 3.43. The molecule has 0 spiro atoms. The number of hydrogen-bond acceptors (Lipinski definition) is 1. The van der Waals surface area contributed by atoms with Crippen molar-refractivity contribution in [3.63, 3.8) is 0 Å². The standard InChI is InChI=1S/C6H12S.2C2H5.Al/c7-6-4-2-1-3-5-6;2*1-2;/h6-7H,1-5H2;2*1H2,2H3;/q;;;+1/p-1. The van der Waals surface area contributed by atoms with Gasteiger partial charge in [0.2, 0.25) is 0 Å². The number of hydrogen-bond donors (Lipinski definition) is 0. The van der Waals surface area contributed by atoms with E-state index in [0.717, 1.165) is 15.2 Å². The summed E-state index contributed by atoms with van der Waals surface area (Å²) in [4.78, 5) is 0. The van der Waals surface area contributed by atoms with Crippen molar-refractivity contribution < 1.29 is 0 Å². The molecule has 1 rings (SSSR count). The molecule has 0 aliphatic heterocycles. The Bertz CT molecular complexity index is 77.9. The van der Waals surface area contributed by atoms with E-state index in [1.54, 1.807) is 0 Å². The molecule has 0 nitrogen and oxygen atoms in total. The summed E-state index contributed by atoms with van der Waals surface area (Å²) in [5.41, 5.74) is 0. The van der Waals surface area contributed by atoms with Gasteiger partial charge in [0.25, 0.3) is 0 Å². The van der Waals surface area contributed by atoms with Crippen LogP contribution in [0, 0.1) is 0 Å². The van der Waals surface area contributed by atoms with Crippen LogP contribution in [0.15, 0.2) is 0 Å². The normalized spacial score (nSPS) is 17.6. The Labute approximate surface area is 89.6 Å². The largest absolute Gasteiger partial charge is 0.789 e. The Morgan fingerprint density at radius 2 is 1.58 bits per heavy atom. The van der Waals surface area contributed by atoms with Gasteiger partial charge in [0, 0.05) is 0 Å². The molecule has 70 valence electrons. The quantitative estimate of drug-likeness (QED) is 0.486. The smallest absolute Gasteiger partial charge is 0.0534 e. The molecule has 1 aliphatic carbocycles. The van der Waals surface area contributed by atoms with Gasteiger partial charge in [0.1, 0.15) is 0 Å². The van der Waals surface area contributed by atoms with Crippen LogP contribution in [0.1, 0.15) is 46.0 Å². The second-order valence-corrected chi connectivity index (χ2v) is 6.24. The van der Waals surface area contributed by atoms with E-state index in [2.05, 4.69) is 13.8 Å². The van der Waals surface area contributed by atoms with Crippen molar-refractivity contribution in [2.45, 2.75) is 61.8 Å². The molecule has 0 N–H and O–H groups in total. The van der Waals surface area contributed by atoms with Crippen molar-refractivity contribution in [3.05, 3.63) is 0 Å². The zero-order valence-corrected chi connectivity index (χ0v) is 10.5. The first kappa shape index (κ1) is 12.9. The van der Waals surface area contributed by atoms with Gasteiger partial charge in [0.05, 0.1) is 0 Å². The van der Waals surface area contributed by atoms with Gasteiger partial charge in [-0.05, 0) is 0 Å². The Hall–Kier alpha value is 0.882. The molecule has 1 aliphatic rings. The van der Waals surface area contributed by atoms with Crippen molar-refractivity contribution in [2.24, 2.45) is 0 Å². The molecular formula is C10H21AlS. The Balaban J connectivity index is 0.000000217. The third-order valence-electron chi connectivity index (χ3n) is 2.13. The molecule has 0 bridgehead atoms. The van der Waals surface area contributed by atoms with Gasteiger partial charge >= 0.3 is 39.6 Å². The molecule has 0 heterocycles. The summed E-state index contributed by atoms with van der Waals surface area (Å²) in [6, 6.07) is 0. The summed E-state index contributed by atoms with van der Waals surface area (Å²) in [6.45, 7) is 4.50. The van der Waals surface area contributed by atoms with Crippen LogP contribution in [0.2, 0.25) is 10.6 Å². The van der Waals surface area contributed by atoms with E-state index in [1.165, 1.54) is 42.7 Å². The first-order chi connectivity index (χ1) is 5.81. The Kier molecular flexibility index (Phi) is 10.7. The molecule has 1 saturated carbocycles.